The first-order valence-corrected chi connectivity index (χ1v) is 37.6. The van der Waals surface area contributed by atoms with E-state index in [-0.39, 0.29) is 0 Å². The Bertz CT molecular complexity index is 1660. The Morgan fingerprint density at radius 1 is 0.342 bits per heavy atom. The Morgan fingerprint density at radius 2 is 0.684 bits per heavy atom. The van der Waals surface area contributed by atoms with Crippen LogP contribution in [0.2, 0.25) is 9.79 Å². The molecule has 0 amide bonds. The summed E-state index contributed by atoms with van der Waals surface area (Å²) in [6.07, 6.45) is 72.2. The molecule has 0 aromatic heterocycles. The van der Waals surface area contributed by atoms with E-state index in [9.17, 15) is 5.53 Å². The van der Waals surface area contributed by atoms with Gasteiger partial charge in [-0.1, -0.05) is 231 Å². The van der Waals surface area contributed by atoms with Gasteiger partial charge in [-0.2, -0.15) is 0 Å². The van der Waals surface area contributed by atoms with E-state index in [0.29, 0.717) is 0 Å². The van der Waals surface area contributed by atoms with Gasteiger partial charge in [0.15, 0.2) is 0 Å². The molecule has 0 N–H and O–H groups in total. The summed E-state index contributed by atoms with van der Waals surface area (Å²) in [4.78, 5) is 6.51. The van der Waals surface area contributed by atoms with Gasteiger partial charge < -0.3 is 5.53 Å². The van der Waals surface area contributed by atoms with Crippen LogP contribution in [0.1, 0.15) is 385 Å². The van der Waals surface area contributed by atoms with E-state index in [4.69, 9.17) is 0 Å². The molecule has 0 aliphatic carbocycles. The molecule has 0 heterocycles. The molecule has 2 aromatic rings. The SMILES string of the molecule is CCCCCCCCCCCCCCCCCCC[CH2][Pd][CH2]CCCCCCCCCCCCCCCCCCC.CCCCCCc1cccc(C(=C(CCCCC)C(=C=[N+]=[N-])CCCC)c2ccc(CCCCC)cc2)c1. The molecule has 2 rings (SSSR count). The normalized spacial score (nSPS) is 11.6. The molecule has 0 spiro atoms. The third kappa shape index (κ3) is 46.1. The van der Waals surface area contributed by atoms with Crippen molar-refractivity contribution in [2.45, 2.75) is 385 Å². The number of allylic oxidation sites excluding steroid dienone is 2. The summed E-state index contributed by atoms with van der Waals surface area (Å²) in [7, 11) is 0. The van der Waals surface area contributed by atoms with Crippen LogP contribution in [0.3, 0.4) is 0 Å². The van der Waals surface area contributed by atoms with Crippen molar-refractivity contribution in [1.82, 2.24) is 0 Å². The van der Waals surface area contributed by atoms with Crippen LogP contribution < -0.4 is 0 Å². The fourth-order valence-electron chi connectivity index (χ4n) is 11.4. The summed E-state index contributed by atoms with van der Waals surface area (Å²) < 4.78 is 0. The minimum absolute atomic E-state index is 0.886. The van der Waals surface area contributed by atoms with Crippen LogP contribution in [0, 0.1) is 0 Å². The van der Waals surface area contributed by atoms with Gasteiger partial charge in [0.2, 0.25) is 0 Å². The maximum absolute atomic E-state index is 9.57. The molecule has 79 heavy (non-hydrogen) atoms. The molecule has 0 bridgehead atoms. The molecule has 2 nitrogen and oxygen atoms in total. The van der Waals surface area contributed by atoms with Gasteiger partial charge in [-0.05, 0) is 84.8 Å². The minimum atomic E-state index is 0.886. The molecule has 0 aliphatic heterocycles. The van der Waals surface area contributed by atoms with Gasteiger partial charge in [0, 0.05) is 0 Å². The minimum Gasteiger partial charge on any atom is -0.348 e. The predicted molar refractivity (Wildman–Crippen MR) is 353 cm³/mol. The molecule has 458 valence electrons. The fraction of sp³-hybridized carbons (Fsp3) is 0.789. The van der Waals surface area contributed by atoms with Crippen LogP contribution in [0.4, 0.5) is 0 Å². The van der Waals surface area contributed by atoms with E-state index in [2.05, 4.69) is 101 Å². The van der Waals surface area contributed by atoms with Crippen LogP contribution in [-0.4, -0.2) is 10.7 Å². The summed E-state index contributed by atoms with van der Waals surface area (Å²) in [5.74, 6) is 3.01. The van der Waals surface area contributed by atoms with Crippen LogP contribution >= 0.6 is 0 Å². The average Bonchev–Trinajstić information content (AvgIpc) is 3.49. The quantitative estimate of drug-likeness (QED) is 0.0158. The monoisotopic (exact) mass is 1180 g/mol. The molecule has 0 radical (unpaired) electrons. The number of hydrogen-bond acceptors (Lipinski definition) is 0. The van der Waals surface area contributed by atoms with Crippen molar-refractivity contribution in [3.8, 4) is 0 Å². The van der Waals surface area contributed by atoms with Crippen molar-refractivity contribution in [1.29, 1.82) is 0 Å². The van der Waals surface area contributed by atoms with E-state index in [1.165, 1.54) is 322 Å². The van der Waals surface area contributed by atoms with Crippen molar-refractivity contribution < 1.29 is 22.8 Å². The molecule has 3 heteroatoms. The van der Waals surface area contributed by atoms with E-state index in [1.54, 1.807) is 9.79 Å². The van der Waals surface area contributed by atoms with Crippen LogP contribution in [0.15, 0.2) is 59.7 Å². The third-order valence-electron chi connectivity index (χ3n) is 16.7. The van der Waals surface area contributed by atoms with Gasteiger partial charge in [0.1, 0.15) is 0 Å². The molecule has 0 fully saturated rings. The number of aryl methyl sites for hydroxylation is 2. The third-order valence-corrected chi connectivity index (χ3v) is 18.9. The van der Waals surface area contributed by atoms with E-state index >= 15 is 0 Å². The van der Waals surface area contributed by atoms with Crippen molar-refractivity contribution in [2.75, 3.05) is 0 Å². The number of hydrogen-bond donors (Lipinski definition) is 0. The zero-order valence-corrected chi connectivity index (χ0v) is 55.6. The van der Waals surface area contributed by atoms with Gasteiger partial charge in [-0.25, -0.2) is 0 Å². The number of benzene rings is 2. The van der Waals surface area contributed by atoms with E-state index < -0.39 is 0 Å². The smallest absolute Gasteiger partial charge is 0.348 e. The van der Waals surface area contributed by atoms with Gasteiger partial charge in [0.05, 0.1) is 5.57 Å². The van der Waals surface area contributed by atoms with E-state index in [0.717, 1.165) is 68.5 Å². The molecule has 2 aromatic carbocycles. The molecular weight excluding hydrogens is 1050 g/mol. The van der Waals surface area contributed by atoms with Gasteiger partial charge >= 0.3 is 175 Å². The molecular formula is C76H134N2Pd. The van der Waals surface area contributed by atoms with Crippen molar-refractivity contribution in [3.63, 3.8) is 0 Å². The summed E-state index contributed by atoms with van der Waals surface area (Å²) in [5.41, 5.74) is 18.6. The van der Waals surface area contributed by atoms with Crippen molar-refractivity contribution >= 4 is 11.4 Å². The zero-order chi connectivity index (χ0) is 57.0. The Morgan fingerprint density at radius 3 is 1.09 bits per heavy atom. The predicted octanol–water partition coefficient (Wildman–Crippen LogP) is 26.9. The summed E-state index contributed by atoms with van der Waals surface area (Å²) in [5, 5.41) is 0. The Labute approximate surface area is 503 Å². The summed E-state index contributed by atoms with van der Waals surface area (Å²) in [6, 6.07) is 18.5. The first kappa shape index (κ1) is 75.0. The number of nitrogens with zero attached hydrogens (tertiary/aromatic N) is 2. The van der Waals surface area contributed by atoms with E-state index in [1.807, 2.05) is 0 Å². The van der Waals surface area contributed by atoms with Gasteiger partial charge in [-0.3, -0.25) is 0 Å². The Hall–Kier alpha value is -2.00. The second-order valence-electron chi connectivity index (χ2n) is 24.3. The Balaban J connectivity index is 0.000000792. The van der Waals surface area contributed by atoms with Crippen LogP contribution in [-0.2, 0) is 30.8 Å². The molecule has 0 saturated carbocycles. The van der Waals surface area contributed by atoms with Crippen LogP contribution in [0.25, 0.3) is 11.1 Å². The number of unbranched alkanes of at least 4 members (excludes halogenated alkanes) is 42. The molecule has 0 atom stereocenters. The summed E-state index contributed by atoms with van der Waals surface area (Å²) >= 11 is 1.06. The maximum atomic E-state index is 9.57. The first-order valence-electron chi connectivity index (χ1n) is 35.4. The van der Waals surface area contributed by atoms with Gasteiger partial charge in [0.25, 0.3) is 0 Å². The van der Waals surface area contributed by atoms with Crippen LogP contribution in [0.5, 0.6) is 0 Å². The average molecular weight is 1180 g/mol. The summed E-state index contributed by atoms with van der Waals surface area (Å²) in [6.45, 7) is 13.6. The zero-order valence-electron chi connectivity index (χ0n) is 54.0. The van der Waals surface area contributed by atoms with Gasteiger partial charge in [-0.15, -0.1) is 4.79 Å². The standard InChI is InChI=1S/C36H52N2.2C20H41.Pd/c1-5-9-13-16-19-31-20-17-22-33(28-31)36(32-26-24-30(25-27-32)18-14-10-6-2)35(23-15-11-7-3)34(29-38-37)21-12-8-4;2*1-3-5-7-9-11-13-15-17-19-20-18-16-14-12-10-8-6-4-2;/h17,20,22,24-28H,5-16,18-19,21,23H2,1-4H3;2*1,3-20H2,2H3;. The topological polar surface area (TPSA) is 36.4 Å². The fourth-order valence-corrected chi connectivity index (χ4v) is 13.4. The molecule has 0 unspecified atom stereocenters. The van der Waals surface area contributed by atoms with Crippen molar-refractivity contribution in [2.24, 2.45) is 0 Å². The number of rotatable bonds is 57. The van der Waals surface area contributed by atoms with Crippen molar-refractivity contribution in [3.05, 3.63) is 87.5 Å². The Kier molecular flexibility index (Phi) is 57.5. The second kappa shape index (κ2) is 60.6. The molecule has 0 aliphatic rings. The first-order chi connectivity index (χ1) is 39.1. The molecule has 0 saturated heterocycles. The second-order valence-corrected chi connectivity index (χ2v) is 26.6.